The van der Waals surface area contributed by atoms with Gasteiger partial charge in [0.1, 0.15) is 5.82 Å². The molecule has 0 saturated carbocycles. The number of aromatic amines is 2. The van der Waals surface area contributed by atoms with Crippen LogP contribution in [-0.4, -0.2) is 26.5 Å². The minimum atomic E-state index is 0.626. The topological polar surface area (TPSA) is 81.4 Å². The molecule has 3 aromatic carbocycles. The van der Waals surface area contributed by atoms with E-state index in [0.717, 1.165) is 29.8 Å². The Balaban J connectivity index is 1.09. The van der Waals surface area contributed by atoms with Gasteiger partial charge in [0, 0.05) is 48.1 Å². The van der Waals surface area contributed by atoms with Crippen LogP contribution in [0, 0.1) is 0 Å². The summed E-state index contributed by atoms with van der Waals surface area (Å²) in [5.41, 5.74) is 7.24. The third kappa shape index (κ3) is 4.59. The van der Waals surface area contributed by atoms with Gasteiger partial charge in [-0.25, -0.2) is 4.98 Å². The van der Waals surface area contributed by atoms with Gasteiger partial charge in [-0.15, -0.1) is 0 Å². The van der Waals surface area contributed by atoms with Gasteiger partial charge in [-0.3, -0.25) is 0 Å². The molecule has 0 unspecified atom stereocenters. The Hall–Kier alpha value is -4.58. The van der Waals surface area contributed by atoms with Crippen LogP contribution in [-0.2, 0) is 13.0 Å². The highest BCUT2D eigenvalue weighted by molar-refractivity contribution is 5.88. The molecule has 0 atom stereocenters. The molecule has 4 N–H and O–H groups in total. The predicted molar refractivity (Wildman–Crippen MR) is 144 cm³/mol. The summed E-state index contributed by atoms with van der Waals surface area (Å²) in [6.07, 6.45) is 6.71. The minimum absolute atomic E-state index is 0.626. The minimum Gasteiger partial charge on any atom is -0.366 e. The lowest BCUT2D eigenvalue weighted by atomic mass is 10.0. The van der Waals surface area contributed by atoms with E-state index in [1.165, 1.54) is 33.0 Å². The van der Waals surface area contributed by atoms with E-state index in [1.54, 1.807) is 6.20 Å². The van der Waals surface area contributed by atoms with Crippen molar-refractivity contribution in [2.75, 3.05) is 17.2 Å². The molecule has 6 aromatic rings. The highest BCUT2D eigenvalue weighted by Crippen LogP contribution is 2.26. The van der Waals surface area contributed by atoms with E-state index < -0.39 is 0 Å². The van der Waals surface area contributed by atoms with Crippen molar-refractivity contribution >= 4 is 33.6 Å². The first kappa shape index (κ1) is 21.0. The van der Waals surface area contributed by atoms with Gasteiger partial charge in [-0.2, -0.15) is 4.98 Å². The normalized spacial score (nSPS) is 11.2. The molecule has 0 bridgehead atoms. The second-order valence-corrected chi connectivity index (χ2v) is 8.64. The predicted octanol–water partition coefficient (Wildman–Crippen LogP) is 6.37. The maximum absolute atomic E-state index is 4.63. The maximum atomic E-state index is 4.63. The van der Waals surface area contributed by atoms with Crippen molar-refractivity contribution in [3.05, 3.63) is 109 Å². The van der Waals surface area contributed by atoms with Crippen LogP contribution in [0.1, 0.15) is 11.1 Å². The van der Waals surface area contributed by atoms with Gasteiger partial charge >= 0.3 is 0 Å². The van der Waals surface area contributed by atoms with Crippen LogP contribution < -0.4 is 10.6 Å². The van der Waals surface area contributed by atoms with Crippen molar-refractivity contribution in [2.24, 2.45) is 0 Å². The average Bonchev–Trinajstić information content (AvgIpc) is 3.54. The molecule has 0 fully saturated rings. The number of H-pyrrole nitrogens is 2. The fourth-order valence-corrected chi connectivity index (χ4v) is 4.45. The first-order valence-corrected chi connectivity index (χ1v) is 11.8. The third-order valence-corrected chi connectivity index (χ3v) is 6.30. The van der Waals surface area contributed by atoms with Crippen LogP contribution in [0.3, 0.4) is 0 Å². The zero-order chi connectivity index (χ0) is 23.5. The van der Waals surface area contributed by atoms with Crippen LogP contribution >= 0.6 is 0 Å². The molecular weight excluding hydrogens is 432 g/mol. The van der Waals surface area contributed by atoms with Gasteiger partial charge in [0.2, 0.25) is 5.95 Å². The summed E-state index contributed by atoms with van der Waals surface area (Å²) >= 11 is 0. The van der Waals surface area contributed by atoms with E-state index in [9.17, 15) is 0 Å². The number of rotatable bonds is 8. The largest absolute Gasteiger partial charge is 0.366 e. The van der Waals surface area contributed by atoms with Crippen LogP contribution in [0.15, 0.2) is 97.5 Å². The molecule has 6 heteroatoms. The van der Waals surface area contributed by atoms with Gasteiger partial charge in [-0.1, -0.05) is 42.5 Å². The van der Waals surface area contributed by atoms with Crippen LogP contribution in [0.5, 0.6) is 0 Å². The number of aromatic nitrogens is 4. The van der Waals surface area contributed by atoms with Gasteiger partial charge in [-0.05, 0) is 70.5 Å². The Morgan fingerprint density at radius 2 is 1.69 bits per heavy atom. The summed E-state index contributed by atoms with van der Waals surface area (Å²) in [6, 6.07) is 27.5. The third-order valence-electron chi connectivity index (χ3n) is 6.30. The van der Waals surface area contributed by atoms with E-state index in [-0.39, 0.29) is 0 Å². The Labute approximate surface area is 203 Å². The number of nitrogens with zero attached hydrogens (tertiary/aromatic N) is 2. The van der Waals surface area contributed by atoms with Gasteiger partial charge in [0.15, 0.2) is 0 Å². The highest BCUT2D eigenvalue weighted by atomic mass is 15.1. The fourth-order valence-electron chi connectivity index (χ4n) is 4.45. The van der Waals surface area contributed by atoms with E-state index in [0.29, 0.717) is 12.5 Å². The molecule has 0 aliphatic rings. The van der Waals surface area contributed by atoms with Crippen molar-refractivity contribution in [1.82, 2.24) is 19.9 Å². The summed E-state index contributed by atoms with van der Waals surface area (Å²) in [4.78, 5) is 15.6. The summed E-state index contributed by atoms with van der Waals surface area (Å²) in [5, 5.41) is 9.24. The molecule has 0 saturated heterocycles. The second-order valence-electron chi connectivity index (χ2n) is 8.64. The lowest BCUT2D eigenvalue weighted by Gasteiger charge is -2.09. The van der Waals surface area contributed by atoms with Crippen molar-refractivity contribution in [3.8, 4) is 11.1 Å². The monoisotopic (exact) mass is 458 g/mol. The molecule has 0 spiro atoms. The van der Waals surface area contributed by atoms with Crippen molar-refractivity contribution in [1.29, 1.82) is 0 Å². The molecule has 172 valence electrons. The highest BCUT2D eigenvalue weighted by Gasteiger charge is 2.07. The zero-order valence-electron chi connectivity index (χ0n) is 19.3. The van der Waals surface area contributed by atoms with Crippen molar-refractivity contribution in [3.63, 3.8) is 0 Å². The molecular formula is C29H26N6. The number of fused-ring (bicyclic) bond motifs is 2. The molecule has 0 amide bonds. The molecule has 0 aliphatic heterocycles. The number of hydrogen-bond donors (Lipinski definition) is 4. The Bertz CT molecular complexity index is 1580. The zero-order valence-corrected chi connectivity index (χ0v) is 19.3. The van der Waals surface area contributed by atoms with E-state index >= 15 is 0 Å². The smallest absolute Gasteiger partial charge is 0.224 e. The van der Waals surface area contributed by atoms with Crippen molar-refractivity contribution in [2.45, 2.75) is 13.0 Å². The van der Waals surface area contributed by atoms with Gasteiger partial charge in [0.25, 0.3) is 0 Å². The number of anilines is 2. The summed E-state index contributed by atoms with van der Waals surface area (Å²) in [6.45, 7) is 1.45. The molecule has 6 rings (SSSR count). The first-order valence-electron chi connectivity index (χ1n) is 11.8. The molecule has 6 nitrogen and oxygen atoms in total. The Morgan fingerprint density at radius 1 is 0.771 bits per heavy atom. The van der Waals surface area contributed by atoms with E-state index in [1.807, 2.05) is 18.3 Å². The fraction of sp³-hybridized carbons (Fsp3) is 0.103. The standard InChI is InChI=1S/C29H26N6/c1-2-4-21(5-3-1)22-7-9-27-25(17-22)24(19-33-27)11-14-31-29-32-15-12-28(35-29)34-18-20-6-8-26-23(16-20)10-13-30-26/h1-10,12-13,15-17,19,30,33H,11,14,18H2,(H2,31,32,34,35). The molecule has 3 aromatic heterocycles. The molecule has 0 aliphatic carbocycles. The molecule has 0 radical (unpaired) electrons. The van der Waals surface area contributed by atoms with Crippen molar-refractivity contribution < 1.29 is 0 Å². The Kier molecular flexibility index (Phi) is 5.60. The van der Waals surface area contributed by atoms with Crippen LogP contribution in [0.2, 0.25) is 0 Å². The maximum Gasteiger partial charge on any atom is 0.224 e. The SMILES string of the molecule is c1ccc(-c2ccc3[nH]cc(CCNc4nccc(NCc5ccc6[nH]ccc6c5)n4)c3c2)cc1. The van der Waals surface area contributed by atoms with Crippen LogP contribution in [0.4, 0.5) is 11.8 Å². The second kappa shape index (κ2) is 9.35. The van der Waals surface area contributed by atoms with Gasteiger partial charge in [0.05, 0.1) is 0 Å². The number of benzene rings is 3. The number of nitrogens with one attached hydrogen (secondary N) is 4. The molecule has 3 heterocycles. The summed E-state index contributed by atoms with van der Waals surface area (Å²) in [7, 11) is 0. The molecule has 35 heavy (non-hydrogen) atoms. The van der Waals surface area contributed by atoms with Gasteiger partial charge < -0.3 is 20.6 Å². The Morgan fingerprint density at radius 3 is 2.63 bits per heavy atom. The quantitative estimate of drug-likeness (QED) is 0.214. The van der Waals surface area contributed by atoms with E-state index in [4.69, 9.17) is 0 Å². The van der Waals surface area contributed by atoms with Crippen LogP contribution in [0.25, 0.3) is 32.9 Å². The summed E-state index contributed by atoms with van der Waals surface area (Å²) < 4.78 is 0. The summed E-state index contributed by atoms with van der Waals surface area (Å²) in [5.74, 6) is 1.43. The lowest BCUT2D eigenvalue weighted by Crippen LogP contribution is -2.09. The number of hydrogen-bond acceptors (Lipinski definition) is 4. The lowest BCUT2D eigenvalue weighted by molar-refractivity contribution is 0.985. The average molecular weight is 459 g/mol. The van der Waals surface area contributed by atoms with E-state index in [2.05, 4.69) is 103 Å². The first-order chi connectivity index (χ1) is 17.3.